The maximum Gasteiger partial charge on any atom is 0.260 e. The van der Waals surface area contributed by atoms with Gasteiger partial charge in [-0.25, -0.2) is 17.6 Å². The van der Waals surface area contributed by atoms with E-state index in [1.54, 1.807) is 0 Å². The van der Waals surface area contributed by atoms with E-state index < -0.39 is 23.6 Å². The zero-order valence-electron chi connectivity index (χ0n) is 7.40. The average molecular weight is 207 g/mol. The van der Waals surface area contributed by atoms with E-state index in [0.29, 0.717) is 6.07 Å². The molecule has 0 saturated heterocycles. The van der Waals surface area contributed by atoms with E-state index in [2.05, 4.69) is 0 Å². The molecule has 1 atom stereocenters. The number of hydrogen-bond donors (Lipinski definition) is 1. The lowest BCUT2D eigenvalue weighted by atomic mass is 9.93. The van der Waals surface area contributed by atoms with Crippen molar-refractivity contribution in [3.63, 3.8) is 0 Å². The van der Waals surface area contributed by atoms with Gasteiger partial charge in [0.25, 0.3) is 6.43 Å². The van der Waals surface area contributed by atoms with E-state index in [1.807, 2.05) is 0 Å². The smallest absolute Gasteiger partial charge is 0.260 e. The quantitative estimate of drug-likeness (QED) is 0.740. The molecule has 0 bridgehead atoms. The molecule has 0 aliphatic rings. The average Bonchev–Trinajstić information content (AvgIpc) is 2.01. The lowest BCUT2D eigenvalue weighted by Crippen LogP contribution is -2.40. The molecule has 78 valence electrons. The van der Waals surface area contributed by atoms with Gasteiger partial charge in [-0.1, -0.05) is 0 Å². The fourth-order valence-electron chi connectivity index (χ4n) is 0.991. The molecular formula is C9H9F4N. The van der Waals surface area contributed by atoms with Gasteiger partial charge in [-0.2, -0.15) is 0 Å². The topological polar surface area (TPSA) is 26.0 Å². The van der Waals surface area contributed by atoms with E-state index in [1.165, 1.54) is 0 Å². The lowest BCUT2D eigenvalue weighted by Gasteiger charge is -2.24. The second kappa shape index (κ2) is 3.57. The minimum Gasteiger partial charge on any atom is -0.317 e. The van der Waals surface area contributed by atoms with Crippen LogP contribution in [0.15, 0.2) is 18.2 Å². The highest BCUT2D eigenvalue weighted by atomic mass is 19.3. The summed E-state index contributed by atoms with van der Waals surface area (Å²) >= 11 is 0. The molecule has 1 unspecified atom stereocenters. The Balaban J connectivity index is 3.18. The van der Waals surface area contributed by atoms with Crippen LogP contribution in [0.1, 0.15) is 12.5 Å². The van der Waals surface area contributed by atoms with E-state index >= 15 is 0 Å². The minimum absolute atomic E-state index is 0.259. The summed E-state index contributed by atoms with van der Waals surface area (Å²) in [7, 11) is 0. The van der Waals surface area contributed by atoms with Crippen LogP contribution in [-0.4, -0.2) is 6.43 Å². The molecule has 0 spiro atoms. The summed E-state index contributed by atoms with van der Waals surface area (Å²) in [6, 6.07) is 2.20. The molecule has 2 N–H and O–H groups in total. The molecule has 1 nitrogen and oxygen atoms in total. The molecule has 1 aromatic carbocycles. The van der Waals surface area contributed by atoms with Gasteiger partial charge in [-0.15, -0.1) is 0 Å². The summed E-state index contributed by atoms with van der Waals surface area (Å²) in [5.41, 5.74) is 2.94. The Hall–Kier alpha value is -1.10. The van der Waals surface area contributed by atoms with E-state index in [4.69, 9.17) is 5.73 Å². The first-order chi connectivity index (χ1) is 6.34. The van der Waals surface area contributed by atoms with Crippen LogP contribution in [0.2, 0.25) is 0 Å². The van der Waals surface area contributed by atoms with E-state index in [9.17, 15) is 17.6 Å². The molecule has 0 amide bonds. The minimum atomic E-state index is -2.89. The van der Waals surface area contributed by atoms with Crippen molar-refractivity contribution < 1.29 is 17.6 Å². The molecule has 0 heterocycles. The van der Waals surface area contributed by atoms with Gasteiger partial charge in [-0.3, -0.25) is 0 Å². The lowest BCUT2D eigenvalue weighted by molar-refractivity contribution is 0.0622. The number of nitrogens with two attached hydrogens (primary N) is 1. The predicted molar refractivity (Wildman–Crippen MR) is 43.9 cm³/mol. The standard InChI is InChI=1S/C9H9F4N/c1-9(14,8(12)13)5-2-6(10)4-7(11)3-5/h2-4,8H,14H2,1H3. The second-order valence-electron chi connectivity index (χ2n) is 3.24. The molecule has 0 aliphatic carbocycles. The fourth-order valence-corrected chi connectivity index (χ4v) is 0.991. The Kier molecular flexibility index (Phi) is 2.80. The summed E-state index contributed by atoms with van der Waals surface area (Å²) in [6.07, 6.45) is -2.89. The second-order valence-corrected chi connectivity index (χ2v) is 3.24. The summed E-state index contributed by atoms with van der Waals surface area (Å²) in [4.78, 5) is 0. The van der Waals surface area contributed by atoms with Gasteiger partial charge in [0.1, 0.15) is 11.6 Å². The molecule has 5 heteroatoms. The highest BCUT2D eigenvalue weighted by Crippen LogP contribution is 2.26. The van der Waals surface area contributed by atoms with Crippen LogP contribution in [0.25, 0.3) is 0 Å². The molecule has 1 rings (SSSR count). The number of hydrogen-bond acceptors (Lipinski definition) is 1. The Morgan fingerprint density at radius 3 is 1.93 bits per heavy atom. The predicted octanol–water partition coefficient (Wildman–Crippen LogP) is 2.40. The van der Waals surface area contributed by atoms with Crippen LogP contribution in [0.4, 0.5) is 17.6 Å². The van der Waals surface area contributed by atoms with Gasteiger partial charge in [0, 0.05) is 6.07 Å². The van der Waals surface area contributed by atoms with Crippen molar-refractivity contribution in [1.29, 1.82) is 0 Å². The summed E-state index contributed by atoms with van der Waals surface area (Å²) in [5.74, 6) is -1.84. The van der Waals surface area contributed by atoms with Crippen LogP contribution in [-0.2, 0) is 5.54 Å². The van der Waals surface area contributed by atoms with Gasteiger partial charge >= 0.3 is 0 Å². The molecular weight excluding hydrogens is 198 g/mol. The number of benzene rings is 1. The van der Waals surface area contributed by atoms with Crippen molar-refractivity contribution in [3.8, 4) is 0 Å². The Morgan fingerprint density at radius 1 is 1.14 bits per heavy atom. The zero-order valence-corrected chi connectivity index (χ0v) is 7.40. The Labute approximate surface area is 78.5 Å². The maximum atomic E-state index is 12.7. The molecule has 0 saturated carbocycles. The first-order valence-electron chi connectivity index (χ1n) is 3.87. The van der Waals surface area contributed by atoms with Crippen LogP contribution in [0.5, 0.6) is 0 Å². The van der Waals surface area contributed by atoms with Crippen molar-refractivity contribution in [1.82, 2.24) is 0 Å². The Morgan fingerprint density at radius 2 is 1.57 bits per heavy atom. The van der Waals surface area contributed by atoms with Crippen LogP contribution < -0.4 is 5.73 Å². The highest BCUT2D eigenvalue weighted by molar-refractivity contribution is 5.25. The van der Waals surface area contributed by atoms with Crippen molar-refractivity contribution in [3.05, 3.63) is 35.4 Å². The molecule has 0 fully saturated rings. The normalized spacial score (nSPS) is 15.6. The molecule has 0 aromatic heterocycles. The van der Waals surface area contributed by atoms with Crippen LogP contribution in [0, 0.1) is 11.6 Å². The third-order valence-corrected chi connectivity index (χ3v) is 1.94. The van der Waals surface area contributed by atoms with Crippen molar-refractivity contribution in [2.75, 3.05) is 0 Å². The zero-order chi connectivity index (χ0) is 10.9. The summed E-state index contributed by atoms with van der Waals surface area (Å²) in [6.45, 7) is 1.02. The number of alkyl halides is 2. The Bertz CT molecular complexity index is 315. The van der Waals surface area contributed by atoms with Crippen molar-refractivity contribution in [2.24, 2.45) is 5.73 Å². The van der Waals surface area contributed by atoms with E-state index in [-0.39, 0.29) is 5.56 Å². The fraction of sp³-hybridized carbons (Fsp3) is 0.333. The first-order valence-corrected chi connectivity index (χ1v) is 3.87. The van der Waals surface area contributed by atoms with Crippen molar-refractivity contribution >= 4 is 0 Å². The molecule has 0 radical (unpaired) electrons. The molecule has 14 heavy (non-hydrogen) atoms. The molecule has 0 aliphatic heterocycles. The number of halogens is 4. The van der Waals surface area contributed by atoms with Crippen LogP contribution >= 0.6 is 0 Å². The largest absolute Gasteiger partial charge is 0.317 e. The number of rotatable bonds is 2. The first kappa shape index (κ1) is 11.0. The van der Waals surface area contributed by atoms with Gasteiger partial charge in [-0.05, 0) is 24.6 Å². The van der Waals surface area contributed by atoms with Crippen molar-refractivity contribution in [2.45, 2.75) is 18.9 Å². The van der Waals surface area contributed by atoms with Gasteiger partial charge < -0.3 is 5.73 Å². The summed E-state index contributed by atoms with van der Waals surface area (Å²) in [5, 5.41) is 0. The monoisotopic (exact) mass is 207 g/mol. The van der Waals surface area contributed by atoms with Gasteiger partial charge in [0.15, 0.2) is 0 Å². The highest BCUT2D eigenvalue weighted by Gasteiger charge is 2.33. The summed E-state index contributed by atoms with van der Waals surface area (Å²) < 4.78 is 50.1. The van der Waals surface area contributed by atoms with Gasteiger partial charge in [0.05, 0.1) is 5.54 Å². The SMILES string of the molecule is CC(N)(c1cc(F)cc(F)c1)C(F)F. The third kappa shape index (κ3) is 2.04. The maximum absolute atomic E-state index is 12.7. The van der Waals surface area contributed by atoms with Gasteiger partial charge in [0.2, 0.25) is 0 Å². The molecule has 1 aromatic rings. The van der Waals surface area contributed by atoms with E-state index in [0.717, 1.165) is 19.1 Å². The van der Waals surface area contributed by atoms with Crippen LogP contribution in [0.3, 0.4) is 0 Å². The third-order valence-electron chi connectivity index (χ3n) is 1.94.